The summed E-state index contributed by atoms with van der Waals surface area (Å²) in [6.07, 6.45) is 4.28. The molecule has 1 aromatic rings. The van der Waals surface area contributed by atoms with Crippen LogP contribution in [0.1, 0.15) is 30.4 Å². The smallest absolute Gasteiger partial charge is 0.230 e. The van der Waals surface area contributed by atoms with Gasteiger partial charge in [0, 0.05) is 19.6 Å². The molecule has 0 saturated heterocycles. The lowest BCUT2D eigenvalue weighted by atomic mass is 9.67. The van der Waals surface area contributed by atoms with Gasteiger partial charge in [-0.2, -0.15) is 0 Å². The maximum absolute atomic E-state index is 12.8. The van der Waals surface area contributed by atoms with Crippen molar-refractivity contribution in [2.75, 3.05) is 20.1 Å². The SMILES string of the molecule is CNCC1(C(=O)N2CCc3ccccc3C2)CCC1. The van der Waals surface area contributed by atoms with Crippen LogP contribution in [0.5, 0.6) is 0 Å². The second kappa shape index (κ2) is 4.97. The number of hydrogen-bond donors (Lipinski definition) is 1. The van der Waals surface area contributed by atoms with Crippen LogP contribution in [0.4, 0.5) is 0 Å². The molecule has 1 aromatic carbocycles. The summed E-state index contributed by atoms with van der Waals surface area (Å²) in [7, 11) is 1.94. The van der Waals surface area contributed by atoms with Crippen molar-refractivity contribution in [1.29, 1.82) is 0 Å². The van der Waals surface area contributed by atoms with Gasteiger partial charge in [0.05, 0.1) is 5.41 Å². The highest BCUT2D eigenvalue weighted by Gasteiger charge is 2.45. The molecule has 1 amide bonds. The molecular formula is C16H22N2O. The number of nitrogens with zero attached hydrogens (tertiary/aromatic N) is 1. The minimum absolute atomic E-state index is 0.110. The second-order valence-electron chi connectivity index (χ2n) is 5.91. The van der Waals surface area contributed by atoms with Gasteiger partial charge in [-0.1, -0.05) is 30.7 Å². The minimum atomic E-state index is -0.110. The number of nitrogens with one attached hydrogen (secondary N) is 1. The number of carbonyl (C=O) groups excluding carboxylic acids is 1. The van der Waals surface area contributed by atoms with E-state index in [9.17, 15) is 4.79 Å². The molecule has 19 heavy (non-hydrogen) atoms. The van der Waals surface area contributed by atoms with Crippen LogP contribution in [-0.4, -0.2) is 30.9 Å². The molecule has 3 heteroatoms. The topological polar surface area (TPSA) is 32.3 Å². The molecule has 3 rings (SSSR count). The number of hydrogen-bond acceptors (Lipinski definition) is 2. The van der Waals surface area contributed by atoms with Crippen molar-refractivity contribution in [3.63, 3.8) is 0 Å². The van der Waals surface area contributed by atoms with Gasteiger partial charge in [-0.3, -0.25) is 4.79 Å². The molecule has 2 aliphatic rings. The van der Waals surface area contributed by atoms with Gasteiger partial charge in [0.2, 0.25) is 5.91 Å². The van der Waals surface area contributed by atoms with Crippen molar-refractivity contribution in [1.82, 2.24) is 10.2 Å². The van der Waals surface area contributed by atoms with E-state index < -0.39 is 0 Å². The van der Waals surface area contributed by atoms with E-state index >= 15 is 0 Å². The van der Waals surface area contributed by atoms with Gasteiger partial charge in [0.1, 0.15) is 0 Å². The number of amides is 1. The molecule has 0 spiro atoms. The average molecular weight is 258 g/mol. The van der Waals surface area contributed by atoms with Crippen LogP contribution in [0, 0.1) is 5.41 Å². The molecule has 3 nitrogen and oxygen atoms in total. The molecule has 0 atom stereocenters. The highest BCUT2D eigenvalue weighted by atomic mass is 16.2. The highest BCUT2D eigenvalue weighted by Crippen LogP contribution is 2.42. The Labute approximate surface area is 115 Å². The van der Waals surface area contributed by atoms with E-state index in [1.807, 2.05) is 7.05 Å². The predicted octanol–water partition coefficient (Wildman–Crippen LogP) is 1.96. The van der Waals surface area contributed by atoms with Gasteiger partial charge in [0.25, 0.3) is 0 Å². The lowest BCUT2D eigenvalue weighted by Gasteiger charge is -2.44. The normalized spacial score (nSPS) is 20.6. The van der Waals surface area contributed by atoms with Crippen LogP contribution in [-0.2, 0) is 17.8 Å². The number of fused-ring (bicyclic) bond motifs is 1. The molecule has 0 aromatic heterocycles. The van der Waals surface area contributed by atoms with E-state index in [2.05, 4.69) is 34.5 Å². The molecule has 1 N–H and O–H groups in total. The molecule has 0 unspecified atom stereocenters. The molecule has 0 bridgehead atoms. The summed E-state index contributed by atoms with van der Waals surface area (Å²) in [6.45, 7) is 2.49. The summed E-state index contributed by atoms with van der Waals surface area (Å²) >= 11 is 0. The zero-order chi connectivity index (χ0) is 13.3. The number of benzene rings is 1. The van der Waals surface area contributed by atoms with Crippen molar-refractivity contribution in [3.8, 4) is 0 Å². The second-order valence-corrected chi connectivity index (χ2v) is 5.91. The fourth-order valence-corrected chi connectivity index (χ4v) is 3.41. The van der Waals surface area contributed by atoms with E-state index in [1.165, 1.54) is 17.5 Å². The Balaban J connectivity index is 1.76. The van der Waals surface area contributed by atoms with E-state index in [0.717, 1.165) is 38.9 Å². The molecule has 1 saturated carbocycles. The summed E-state index contributed by atoms with van der Waals surface area (Å²) in [5, 5.41) is 3.20. The predicted molar refractivity (Wildman–Crippen MR) is 75.8 cm³/mol. The Hall–Kier alpha value is -1.35. The highest BCUT2D eigenvalue weighted by molar-refractivity contribution is 5.84. The molecule has 1 fully saturated rings. The van der Waals surface area contributed by atoms with Crippen LogP contribution in [0.15, 0.2) is 24.3 Å². The first-order valence-electron chi connectivity index (χ1n) is 7.26. The quantitative estimate of drug-likeness (QED) is 0.899. The molecular weight excluding hydrogens is 236 g/mol. The monoisotopic (exact) mass is 258 g/mol. The Morgan fingerprint density at radius 1 is 1.32 bits per heavy atom. The third kappa shape index (κ3) is 2.16. The zero-order valence-electron chi connectivity index (χ0n) is 11.6. The van der Waals surface area contributed by atoms with E-state index in [1.54, 1.807) is 0 Å². The van der Waals surface area contributed by atoms with Crippen molar-refractivity contribution in [2.45, 2.75) is 32.2 Å². The van der Waals surface area contributed by atoms with Crippen molar-refractivity contribution < 1.29 is 4.79 Å². The zero-order valence-corrected chi connectivity index (χ0v) is 11.6. The van der Waals surface area contributed by atoms with Crippen LogP contribution in [0.25, 0.3) is 0 Å². The van der Waals surface area contributed by atoms with Crippen LogP contribution < -0.4 is 5.32 Å². The molecule has 0 radical (unpaired) electrons. The third-order valence-corrected chi connectivity index (χ3v) is 4.70. The fraction of sp³-hybridized carbons (Fsp3) is 0.562. The van der Waals surface area contributed by atoms with Crippen LogP contribution in [0.2, 0.25) is 0 Å². The summed E-state index contributed by atoms with van der Waals surface area (Å²) in [4.78, 5) is 14.9. The van der Waals surface area contributed by atoms with Crippen molar-refractivity contribution >= 4 is 5.91 Å². The summed E-state index contributed by atoms with van der Waals surface area (Å²) in [5.41, 5.74) is 2.62. The fourth-order valence-electron chi connectivity index (χ4n) is 3.41. The van der Waals surface area contributed by atoms with Gasteiger partial charge < -0.3 is 10.2 Å². The average Bonchev–Trinajstić information content (AvgIpc) is 2.41. The van der Waals surface area contributed by atoms with Gasteiger partial charge in [-0.05, 0) is 37.4 Å². The lowest BCUT2D eigenvalue weighted by Crippen LogP contribution is -2.53. The largest absolute Gasteiger partial charge is 0.338 e. The lowest BCUT2D eigenvalue weighted by molar-refractivity contribution is -0.148. The van der Waals surface area contributed by atoms with E-state index in [0.29, 0.717) is 5.91 Å². The molecule has 1 aliphatic carbocycles. The van der Waals surface area contributed by atoms with Crippen molar-refractivity contribution in [2.24, 2.45) is 5.41 Å². The number of rotatable bonds is 3. The maximum Gasteiger partial charge on any atom is 0.230 e. The Kier molecular flexibility index (Phi) is 3.31. The summed E-state index contributed by atoms with van der Waals surface area (Å²) in [6, 6.07) is 8.49. The van der Waals surface area contributed by atoms with Gasteiger partial charge >= 0.3 is 0 Å². The Morgan fingerprint density at radius 3 is 2.68 bits per heavy atom. The molecule has 1 aliphatic heterocycles. The first kappa shape index (κ1) is 12.7. The minimum Gasteiger partial charge on any atom is -0.338 e. The van der Waals surface area contributed by atoms with Gasteiger partial charge in [0.15, 0.2) is 0 Å². The summed E-state index contributed by atoms with van der Waals surface area (Å²) < 4.78 is 0. The van der Waals surface area contributed by atoms with Crippen LogP contribution >= 0.6 is 0 Å². The summed E-state index contributed by atoms with van der Waals surface area (Å²) in [5.74, 6) is 0.364. The number of carbonyl (C=O) groups is 1. The first-order valence-corrected chi connectivity index (χ1v) is 7.26. The van der Waals surface area contributed by atoms with Gasteiger partial charge in [-0.15, -0.1) is 0 Å². The standard InChI is InChI=1S/C16H22N2O/c1-17-12-16(8-4-9-16)15(19)18-10-7-13-5-2-3-6-14(13)11-18/h2-3,5-6,17H,4,7-12H2,1H3. The van der Waals surface area contributed by atoms with Crippen molar-refractivity contribution in [3.05, 3.63) is 35.4 Å². The van der Waals surface area contributed by atoms with E-state index in [-0.39, 0.29) is 5.41 Å². The third-order valence-electron chi connectivity index (χ3n) is 4.70. The molecule has 102 valence electrons. The molecule has 1 heterocycles. The first-order chi connectivity index (χ1) is 9.25. The van der Waals surface area contributed by atoms with Gasteiger partial charge in [-0.25, -0.2) is 0 Å². The Bertz CT molecular complexity index is 479. The Morgan fingerprint density at radius 2 is 2.05 bits per heavy atom. The van der Waals surface area contributed by atoms with E-state index in [4.69, 9.17) is 0 Å². The van der Waals surface area contributed by atoms with Crippen LogP contribution in [0.3, 0.4) is 0 Å². The maximum atomic E-state index is 12.8.